The van der Waals surface area contributed by atoms with Gasteiger partial charge in [-0.2, -0.15) is 0 Å². The van der Waals surface area contributed by atoms with Crippen LogP contribution < -0.4 is 16.0 Å². The summed E-state index contributed by atoms with van der Waals surface area (Å²) in [6, 6.07) is 8.13. The Morgan fingerprint density at radius 1 is 1.35 bits per heavy atom. The molecule has 0 saturated heterocycles. The molecule has 0 amide bonds. The molecular formula is C15H18BrN3O. The minimum atomic E-state index is -0.0263. The van der Waals surface area contributed by atoms with Gasteiger partial charge < -0.3 is 4.74 Å². The highest BCUT2D eigenvalue weighted by Gasteiger charge is 2.16. The molecule has 20 heavy (non-hydrogen) atoms. The van der Waals surface area contributed by atoms with Crippen molar-refractivity contribution in [2.75, 3.05) is 7.11 Å². The summed E-state index contributed by atoms with van der Waals surface area (Å²) >= 11 is 3.43. The molecule has 1 atom stereocenters. The zero-order chi connectivity index (χ0) is 14.5. The highest BCUT2D eigenvalue weighted by atomic mass is 79.9. The molecule has 0 bridgehead atoms. The van der Waals surface area contributed by atoms with Crippen molar-refractivity contribution in [3.63, 3.8) is 0 Å². The van der Waals surface area contributed by atoms with E-state index in [0.717, 1.165) is 33.3 Å². The lowest BCUT2D eigenvalue weighted by molar-refractivity contribution is 0.398. The number of hydrogen-bond acceptors (Lipinski definition) is 4. The first-order valence-electron chi connectivity index (χ1n) is 6.34. The van der Waals surface area contributed by atoms with Crippen molar-refractivity contribution >= 4 is 15.9 Å². The van der Waals surface area contributed by atoms with Gasteiger partial charge in [-0.1, -0.05) is 12.1 Å². The smallest absolute Gasteiger partial charge is 0.123 e. The number of hydrazine groups is 1. The number of aryl methyl sites for hydroxylation is 1. The Bertz CT molecular complexity index is 589. The van der Waals surface area contributed by atoms with Gasteiger partial charge >= 0.3 is 0 Å². The van der Waals surface area contributed by atoms with Crippen LogP contribution in [0.3, 0.4) is 0 Å². The highest BCUT2D eigenvalue weighted by molar-refractivity contribution is 9.10. The largest absolute Gasteiger partial charge is 0.496 e. The van der Waals surface area contributed by atoms with Crippen LogP contribution in [0.5, 0.6) is 5.75 Å². The summed E-state index contributed by atoms with van der Waals surface area (Å²) in [6.07, 6.45) is 4.35. The zero-order valence-corrected chi connectivity index (χ0v) is 13.1. The number of aromatic nitrogens is 1. The number of halogens is 1. The number of ether oxygens (including phenoxy) is 1. The van der Waals surface area contributed by atoms with Crippen molar-refractivity contribution < 1.29 is 4.74 Å². The first-order chi connectivity index (χ1) is 9.63. The quantitative estimate of drug-likeness (QED) is 0.651. The van der Waals surface area contributed by atoms with E-state index >= 15 is 0 Å². The summed E-state index contributed by atoms with van der Waals surface area (Å²) in [4.78, 5) is 4.18. The number of benzene rings is 1. The van der Waals surface area contributed by atoms with Crippen LogP contribution in [0.1, 0.15) is 22.7 Å². The molecule has 4 nitrogen and oxygen atoms in total. The number of hydrogen-bond donors (Lipinski definition) is 2. The Morgan fingerprint density at radius 2 is 2.15 bits per heavy atom. The summed E-state index contributed by atoms with van der Waals surface area (Å²) in [5.41, 5.74) is 6.16. The van der Waals surface area contributed by atoms with Crippen LogP contribution >= 0.6 is 15.9 Å². The van der Waals surface area contributed by atoms with Gasteiger partial charge in [0.15, 0.2) is 0 Å². The van der Waals surface area contributed by atoms with Crippen molar-refractivity contribution in [2.45, 2.75) is 19.4 Å². The minimum Gasteiger partial charge on any atom is -0.496 e. The molecule has 0 spiro atoms. The molecule has 0 fully saturated rings. The second-order valence-electron chi connectivity index (χ2n) is 4.68. The van der Waals surface area contributed by atoms with E-state index in [4.69, 9.17) is 10.6 Å². The third-order valence-electron chi connectivity index (χ3n) is 3.17. The summed E-state index contributed by atoms with van der Waals surface area (Å²) < 4.78 is 6.41. The second-order valence-corrected chi connectivity index (χ2v) is 5.60. The number of nitrogens with two attached hydrogens (primary N) is 1. The van der Waals surface area contributed by atoms with Crippen LogP contribution in [0.15, 0.2) is 41.1 Å². The number of pyridine rings is 1. The van der Waals surface area contributed by atoms with E-state index in [1.165, 1.54) is 0 Å². The average Bonchev–Trinajstić information content (AvgIpc) is 2.45. The van der Waals surface area contributed by atoms with Crippen molar-refractivity contribution in [3.05, 3.63) is 57.8 Å². The first kappa shape index (κ1) is 15.0. The fourth-order valence-corrected chi connectivity index (χ4v) is 2.58. The van der Waals surface area contributed by atoms with Crippen LogP contribution in [-0.4, -0.2) is 12.1 Å². The molecule has 3 N–H and O–H groups in total. The average molecular weight is 336 g/mol. The van der Waals surface area contributed by atoms with E-state index in [0.29, 0.717) is 0 Å². The van der Waals surface area contributed by atoms with Gasteiger partial charge in [0.25, 0.3) is 0 Å². The molecule has 1 unspecified atom stereocenters. The fourth-order valence-electron chi connectivity index (χ4n) is 2.17. The van der Waals surface area contributed by atoms with Crippen LogP contribution in [0.4, 0.5) is 0 Å². The second kappa shape index (κ2) is 6.83. The monoisotopic (exact) mass is 335 g/mol. The molecule has 0 radical (unpaired) electrons. The Hall–Kier alpha value is -1.43. The Kier molecular flexibility index (Phi) is 5.11. The highest BCUT2D eigenvalue weighted by Crippen LogP contribution is 2.28. The van der Waals surface area contributed by atoms with Crippen LogP contribution in [0.2, 0.25) is 0 Å². The normalized spacial score (nSPS) is 12.2. The molecule has 5 heteroatoms. The topological polar surface area (TPSA) is 60.2 Å². The van der Waals surface area contributed by atoms with Gasteiger partial charge in [0.2, 0.25) is 0 Å². The van der Waals surface area contributed by atoms with Gasteiger partial charge in [-0.15, -0.1) is 0 Å². The molecule has 1 aromatic heterocycles. The standard InChI is InChI=1S/C15H18BrN3O/c1-10-3-4-13(15(5-10)20-2)14(19-17)7-11-6-12(16)9-18-8-11/h3-6,8-9,14,19H,7,17H2,1-2H3. The summed E-state index contributed by atoms with van der Waals surface area (Å²) in [5, 5.41) is 0. The predicted octanol–water partition coefficient (Wildman–Crippen LogP) is 2.91. The summed E-state index contributed by atoms with van der Waals surface area (Å²) in [6.45, 7) is 2.04. The van der Waals surface area contributed by atoms with Crippen molar-refractivity contribution in [1.29, 1.82) is 0 Å². The van der Waals surface area contributed by atoms with Gasteiger partial charge in [-0.3, -0.25) is 16.3 Å². The Labute approximate surface area is 127 Å². The van der Waals surface area contributed by atoms with E-state index in [1.807, 2.05) is 31.3 Å². The third kappa shape index (κ3) is 3.56. The zero-order valence-electron chi connectivity index (χ0n) is 11.6. The number of rotatable bonds is 5. The molecule has 1 heterocycles. The maximum atomic E-state index is 5.71. The Balaban J connectivity index is 2.28. The van der Waals surface area contributed by atoms with Crippen molar-refractivity contribution in [1.82, 2.24) is 10.4 Å². The summed E-state index contributed by atoms with van der Waals surface area (Å²) in [5.74, 6) is 6.56. The van der Waals surface area contributed by atoms with Gasteiger partial charge in [0.05, 0.1) is 13.2 Å². The van der Waals surface area contributed by atoms with Crippen LogP contribution in [0, 0.1) is 6.92 Å². The van der Waals surface area contributed by atoms with Gasteiger partial charge in [-0.05, 0) is 52.5 Å². The minimum absolute atomic E-state index is 0.0263. The van der Waals surface area contributed by atoms with Gasteiger partial charge in [-0.25, -0.2) is 0 Å². The molecule has 0 aliphatic heterocycles. The molecule has 106 valence electrons. The number of nitrogens with zero attached hydrogens (tertiary/aromatic N) is 1. The Morgan fingerprint density at radius 3 is 2.80 bits per heavy atom. The van der Waals surface area contributed by atoms with Gasteiger partial charge in [0.1, 0.15) is 5.75 Å². The van der Waals surface area contributed by atoms with E-state index in [2.05, 4.69) is 32.4 Å². The summed E-state index contributed by atoms with van der Waals surface area (Å²) in [7, 11) is 1.67. The third-order valence-corrected chi connectivity index (χ3v) is 3.60. The van der Waals surface area contributed by atoms with Gasteiger partial charge in [0, 0.05) is 22.4 Å². The van der Waals surface area contributed by atoms with E-state index in [9.17, 15) is 0 Å². The van der Waals surface area contributed by atoms with E-state index in [-0.39, 0.29) is 6.04 Å². The first-order valence-corrected chi connectivity index (χ1v) is 7.13. The van der Waals surface area contributed by atoms with Crippen LogP contribution in [0.25, 0.3) is 0 Å². The number of methoxy groups -OCH3 is 1. The van der Waals surface area contributed by atoms with E-state index in [1.54, 1.807) is 13.3 Å². The fraction of sp³-hybridized carbons (Fsp3) is 0.267. The molecular weight excluding hydrogens is 318 g/mol. The lowest BCUT2D eigenvalue weighted by Crippen LogP contribution is -2.30. The molecule has 2 aromatic rings. The molecule has 1 aromatic carbocycles. The van der Waals surface area contributed by atoms with Crippen LogP contribution in [-0.2, 0) is 6.42 Å². The van der Waals surface area contributed by atoms with Crippen molar-refractivity contribution in [3.8, 4) is 5.75 Å². The maximum Gasteiger partial charge on any atom is 0.123 e. The molecule has 0 aliphatic rings. The number of nitrogens with one attached hydrogen (secondary N) is 1. The molecule has 0 saturated carbocycles. The lowest BCUT2D eigenvalue weighted by atomic mass is 9.98. The maximum absolute atomic E-state index is 5.71. The molecule has 0 aliphatic carbocycles. The van der Waals surface area contributed by atoms with E-state index < -0.39 is 0 Å². The lowest BCUT2D eigenvalue weighted by Gasteiger charge is -2.19. The molecule has 2 rings (SSSR count). The SMILES string of the molecule is COc1cc(C)ccc1C(Cc1cncc(Br)c1)NN. The van der Waals surface area contributed by atoms with Crippen molar-refractivity contribution in [2.24, 2.45) is 5.84 Å². The predicted molar refractivity (Wildman–Crippen MR) is 83.4 cm³/mol.